The van der Waals surface area contributed by atoms with E-state index >= 15 is 0 Å². The van der Waals surface area contributed by atoms with Gasteiger partial charge in [0.05, 0.1) is 10.5 Å². The van der Waals surface area contributed by atoms with Gasteiger partial charge in [-0.3, -0.25) is 4.79 Å². The van der Waals surface area contributed by atoms with Crippen LogP contribution in [0, 0.1) is 11.8 Å². The van der Waals surface area contributed by atoms with Gasteiger partial charge in [-0.25, -0.2) is 0 Å². The molecule has 5 heteroatoms. The molecule has 0 aromatic rings. The molecule has 18 heavy (non-hydrogen) atoms. The average Bonchev–Trinajstić information content (AvgIpc) is 3.15. The standard InChI is InChI=1S/C13H23N3OS/c1-9(10-3-4-10)11(17)15-13(12(14)18)5-7-16(2)8-6-13/h9-10H,3-8H2,1-2H3,(H2,14,18)(H,15,17). The van der Waals surface area contributed by atoms with Gasteiger partial charge in [-0.2, -0.15) is 0 Å². The molecule has 1 unspecified atom stereocenters. The Balaban J connectivity index is 2.01. The Labute approximate surface area is 114 Å². The normalized spacial score (nSPS) is 25.4. The van der Waals surface area contributed by atoms with Crippen molar-refractivity contribution in [1.82, 2.24) is 10.2 Å². The average molecular weight is 269 g/mol. The van der Waals surface area contributed by atoms with Crippen molar-refractivity contribution in [1.29, 1.82) is 0 Å². The molecular weight excluding hydrogens is 246 g/mol. The Morgan fingerprint density at radius 2 is 2.00 bits per heavy atom. The number of nitrogens with zero attached hydrogens (tertiary/aromatic N) is 1. The smallest absolute Gasteiger partial charge is 0.223 e. The van der Waals surface area contributed by atoms with Gasteiger partial charge in [0, 0.05) is 19.0 Å². The zero-order valence-electron chi connectivity index (χ0n) is 11.2. The van der Waals surface area contributed by atoms with E-state index in [0.29, 0.717) is 10.9 Å². The highest BCUT2D eigenvalue weighted by atomic mass is 32.1. The molecule has 1 saturated heterocycles. The number of amides is 1. The quantitative estimate of drug-likeness (QED) is 0.745. The van der Waals surface area contributed by atoms with Crippen molar-refractivity contribution in [2.75, 3.05) is 20.1 Å². The van der Waals surface area contributed by atoms with E-state index in [2.05, 4.69) is 17.3 Å². The molecule has 2 rings (SSSR count). The first kappa shape index (κ1) is 13.7. The monoisotopic (exact) mass is 269 g/mol. The van der Waals surface area contributed by atoms with Crippen LogP contribution in [0.25, 0.3) is 0 Å². The lowest BCUT2D eigenvalue weighted by Gasteiger charge is -2.41. The molecule has 2 aliphatic rings. The first-order chi connectivity index (χ1) is 8.44. The Morgan fingerprint density at radius 1 is 1.44 bits per heavy atom. The Bertz CT molecular complexity index is 346. The molecule has 0 bridgehead atoms. The lowest BCUT2D eigenvalue weighted by molar-refractivity contribution is -0.126. The van der Waals surface area contributed by atoms with Gasteiger partial charge >= 0.3 is 0 Å². The molecule has 1 aliphatic heterocycles. The van der Waals surface area contributed by atoms with Crippen LogP contribution in [0.1, 0.15) is 32.6 Å². The largest absolute Gasteiger partial charge is 0.391 e. The van der Waals surface area contributed by atoms with Gasteiger partial charge in [-0.15, -0.1) is 0 Å². The maximum absolute atomic E-state index is 12.2. The van der Waals surface area contributed by atoms with Crippen LogP contribution >= 0.6 is 12.2 Å². The molecule has 0 aromatic carbocycles. The molecule has 0 aromatic heterocycles. The van der Waals surface area contributed by atoms with Crippen molar-refractivity contribution in [3.8, 4) is 0 Å². The third kappa shape index (κ3) is 2.83. The predicted octanol–water partition coefficient (Wildman–Crippen LogP) is 0.899. The minimum atomic E-state index is -0.456. The molecule has 4 nitrogen and oxygen atoms in total. The number of nitrogens with two attached hydrogens (primary N) is 1. The van der Waals surface area contributed by atoms with Crippen LogP contribution in [0.4, 0.5) is 0 Å². The second-order valence-electron chi connectivity index (χ2n) is 5.86. The summed E-state index contributed by atoms with van der Waals surface area (Å²) in [4.78, 5) is 14.9. The number of carbonyl (C=O) groups is 1. The number of hydrogen-bond acceptors (Lipinski definition) is 3. The molecule has 1 atom stereocenters. The van der Waals surface area contributed by atoms with Crippen LogP contribution < -0.4 is 11.1 Å². The van der Waals surface area contributed by atoms with E-state index < -0.39 is 5.54 Å². The second-order valence-corrected chi connectivity index (χ2v) is 6.30. The number of piperidine rings is 1. The highest BCUT2D eigenvalue weighted by Gasteiger charge is 2.41. The summed E-state index contributed by atoms with van der Waals surface area (Å²) in [5.74, 6) is 0.783. The van der Waals surface area contributed by atoms with E-state index in [0.717, 1.165) is 25.9 Å². The summed E-state index contributed by atoms with van der Waals surface area (Å²) < 4.78 is 0. The van der Waals surface area contributed by atoms with Gasteiger partial charge in [-0.1, -0.05) is 19.1 Å². The minimum Gasteiger partial charge on any atom is -0.391 e. The number of rotatable bonds is 4. The maximum atomic E-state index is 12.2. The number of carbonyl (C=O) groups excluding carboxylic acids is 1. The molecule has 1 aliphatic carbocycles. The molecule has 1 saturated carbocycles. The van der Waals surface area contributed by atoms with Crippen LogP contribution in [0.2, 0.25) is 0 Å². The fraction of sp³-hybridized carbons (Fsp3) is 0.846. The van der Waals surface area contributed by atoms with Crippen molar-refractivity contribution >= 4 is 23.1 Å². The molecule has 0 radical (unpaired) electrons. The van der Waals surface area contributed by atoms with Crippen LogP contribution in [-0.2, 0) is 4.79 Å². The van der Waals surface area contributed by atoms with Gasteiger partial charge < -0.3 is 16.0 Å². The van der Waals surface area contributed by atoms with Gasteiger partial charge in [0.1, 0.15) is 0 Å². The highest BCUT2D eigenvalue weighted by Crippen LogP contribution is 2.37. The predicted molar refractivity (Wildman–Crippen MR) is 76.3 cm³/mol. The molecule has 1 heterocycles. The fourth-order valence-electron chi connectivity index (χ4n) is 2.59. The summed E-state index contributed by atoms with van der Waals surface area (Å²) in [5.41, 5.74) is 5.43. The van der Waals surface area contributed by atoms with Crippen molar-refractivity contribution in [2.45, 2.75) is 38.1 Å². The van der Waals surface area contributed by atoms with Crippen molar-refractivity contribution < 1.29 is 4.79 Å². The summed E-state index contributed by atoms with van der Waals surface area (Å²) in [6.07, 6.45) is 4.00. The third-order valence-electron chi connectivity index (χ3n) is 4.42. The Morgan fingerprint density at radius 3 is 2.44 bits per heavy atom. The molecule has 0 spiro atoms. The molecular formula is C13H23N3OS. The number of thiocarbonyl (C=S) groups is 1. The SMILES string of the molecule is CC(C(=O)NC1(C(N)=S)CCN(C)CC1)C1CC1. The molecule has 3 N–H and O–H groups in total. The van der Waals surface area contributed by atoms with Gasteiger partial charge in [0.25, 0.3) is 0 Å². The van der Waals surface area contributed by atoms with Crippen molar-refractivity contribution in [3.05, 3.63) is 0 Å². The van der Waals surface area contributed by atoms with E-state index in [4.69, 9.17) is 18.0 Å². The maximum Gasteiger partial charge on any atom is 0.223 e. The molecule has 1 amide bonds. The summed E-state index contributed by atoms with van der Waals surface area (Å²) in [7, 11) is 2.08. The van der Waals surface area contributed by atoms with E-state index in [1.807, 2.05) is 6.92 Å². The number of nitrogens with one attached hydrogen (secondary N) is 1. The van der Waals surface area contributed by atoms with E-state index in [-0.39, 0.29) is 11.8 Å². The minimum absolute atomic E-state index is 0.0934. The fourth-order valence-corrected chi connectivity index (χ4v) is 2.85. The van der Waals surface area contributed by atoms with Gasteiger partial charge in [0.2, 0.25) is 5.91 Å². The van der Waals surface area contributed by atoms with Gasteiger partial charge in [-0.05, 0) is 38.6 Å². The molecule has 2 fully saturated rings. The lowest BCUT2D eigenvalue weighted by atomic mass is 9.86. The summed E-state index contributed by atoms with van der Waals surface area (Å²) >= 11 is 5.20. The van der Waals surface area contributed by atoms with Crippen LogP contribution in [-0.4, -0.2) is 41.5 Å². The zero-order chi connectivity index (χ0) is 13.3. The van der Waals surface area contributed by atoms with Crippen molar-refractivity contribution in [2.24, 2.45) is 17.6 Å². The van der Waals surface area contributed by atoms with Crippen molar-refractivity contribution in [3.63, 3.8) is 0 Å². The number of hydrogen-bond donors (Lipinski definition) is 2. The van der Waals surface area contributed by atoms with Gasteiger partial charge in [0.15, 0.2) is 0 Å². The topological polar surface area (TPSA) is 58.4 Å². The molecule has 102 valence electrons. The van der Waals surface area contributed by atoms with E-state index in [1.54, 1.807) is 0 Å². The first-order valence-electron chi connectivity index (χ1n) is 6.75. The van der Waals surface area contributed by atoms with E-state index in [9.17, 15) is 4.79 Å². The highest BCUT2D eigenvalue weighted by molar-refractivity contribution is 7.80. The first-order valence-corrected chi connectivity index (χ1v) is 7.16. The second kappa shape index (κ2) is 5.13. The Hall–Kier alpha value is -0.680. The summed E-state index contributed by atoms with van der Waals surface area (Å²) in [6.45, 7) is 3.86. The van der Waals surface area contributed by atoms with Crippen LogP contribution in [0.5, 0.6) is 0 Å². The zero-order valence-corrected chi connectivity index (χ0v) is 12.1. The van der Waals surface area contributed by atoms with Crippen LogP contribution in [0.3, 0.4) is 0 Å². The summed E-state index contributed by atoms with van der Waals surface area (Å²) in [5, 5.41) is 3.14. The Kier molecular flexibility index (Phi) is 3.92. The lowest BCUT2D eigenvalue weighted by Crippen LogP contribution is -2.62. The summed E-state index contributed by atoms with van der Waals surface area (Å²) in [6, 6.07) is 0. The number of likely N-dealkylation sites (tertiary alicyclic amines) is 1. The third-order valence-corrected chi connectivity index (χ3v) is 4.81. The van der Waals surface area contributed by atoms with E-state index in [1.165, 1.54) is 12.8 Å². The van der Waals surface area contributed by atoms with Crippen LogP contribution in [0.15, 0.2) is 0 Å².